The molecule has 0 bridgehead atoms. The molecule has 2 aromatic carbocycles. The first kappa shape index (κ1) is 23.1. The van der Waals surface area contributed by atoms with Crippen LogP contribution in [0.4, 0.5) is 5.69 Å². The summed E-state index contributed by atoms with van der Waals surface area (Å²) in [4.78, 5) is 14.7. The lowest BCUT2D eigenvalue weighted by Gasteiger charge is -2.19. The Bertz CT molecular complexity index is 977. The fourth-order valence-corrected chi connectivity index (χ4v) is 3.50. The van der Waals surface area contributed by atoms with Crippen molar-refractivity contribution < 1.29 is 13.9 Å². The van der Waals surface area contributed by atoms with Gasteiger partial charge in [-0.3, -0.25) is 4.79 Å². The quantitative estimate of drug-likeness (QED) is 0.410. The number of benzene rings is 2. The van der Waals surface area contributed by atoms with E-state index in [1.807, 2.05) is 24.3 Å². The van der Waals surface area contributed by atoms with Gasteiger partial charge < -0.3 is 19.4 Å². The SMILES string of the molecule is CCN(CC)CCOc1ccccc1NC(=O)CSc1nnc(-c2ccc(Cl)cc2)o1. The van der Waals surface area contributed by atoms with Crippen LogP contribution in [0, 0.1) is 0 Å². The average molecular weight is 461 g/mol. The van der Waals surface area contributed by atoms with Gasteiger partial charge in [0.15, 0.2) is 0 Å². The van der Waals surface area contributed by atoms with E-state index in [9.17, 15) is 4.79 Å². The van der Waals surface area contributed by atoms with Gasteiger partial charge in [0.25, 0.3) is 5.22 Å². The van der Waals surface area contributed by atoms with Gasteiger partial charge in [-0.2, -0.15) is 0 Å². The van der Waals surface area contributed by atoms with E-state index in [-0.39, 0.29) is 11.7 Å². The van der Waals surface area contributed by atoms with Crippen LogP contribution in [0.1, 0.15) is 13.8 Å². The Morgan fingerprint density at radius 1 is 1.13 bits per heavy atom. The number of nitrogens with one attached hydrogen (secondary N) is 1. The Labute approximate surface area is 191 Å². The van der Waals surface area contributed by atoms with E-state index in [0.29, 0.717) is 34.2 Å². The molecule has 0 radical (unpaired) electrons. The molecule has 31 heavy (non-hydrogen) atoms. The number of aromatic nitrogens is 2. The van der Waals surface area contributed by atoms with Crippen LogP contribution in [0.2, 0.25) is 5.02 Å². The van der Waals surface area contributed by atoms with Crippen molar-refractivity contribution in [2.45, 2.75) is 19.1 Å². The van der Waals surface area contributed by atoms with Gasteiger partial charge in [0, 0.05) is 17.1 Å². The number of hydrogen-bond acceptors (Lipinski definition) is 7. The highest BCUT2D eigenvalue weighted by Crippen LogP contribution is 2.26. The van der Waals surface area contributed by atoms with Crippen molar-refractivity contribution in [3.8, 4) is 17.2 Å². The number of anilines is 1. The zero-order valence-electron chi connectivity index (χ0n) is 17.5. The molecule has 1 N–H and O–H groups in total. The minimum Gasteiger partial charge on any atom is -0.490 e. The fourth-order valence-electron chi connectivity index (χ4n) is 2.81. The number of likely N-dealkylation sites (N-methyl/N-ethyl adjacent to an activating group) is 1. The fraction of sp³-hybridized carbons (Fsp3) is 0.318. The molecule has 0 unspecified atom stereocenters. The predicted molar refractivity (Wildman–Crippen MR) is 124 cm³/mol. The predicted octanol–water partition coefficient (Wildman–Crippen LogP) is 4.84. The van der Waals surface area contributed by atoms with Crippen molar-refractivity contribution >= 4 is 35.0 Å². The number of amides is 1. The molecule has 0 aliphatic heterocycles. The van der Waals surface area contributed by atoms with Gasteiger partial charge >= 0.3 is 0 Å². The largest absolute Gasteiger partial charge is 0.490 e. The number of carbonyl (C=O) groups is 1. The summed E-state index contributed by atoms with van der Waals surface area (Å²) in [5.41, 5.74) is 1.41. The van der Waals surface area contributed by atoms with E-state index in [1.54, 1.807) is 24.3 Å². The second-order valence-corrected chi connectivity index (χ2v) is 7.95. The number of para-hydroxylation sites is 2. The highest BCUT2D eigenvalue weighted by molar-refractivity contribution is 7.99. The average Bonchev–Trinajstić information content (AvgIpc) is 3.26. The van der Waals surface area contributed by atoms with Gasteiger partial charge in [0.05, 0.1) is 11.4 Å². The molecular formula is C22H25ClN4O3S. The van der Waals surface area contributed by atoms with Crippen LogP contribution in [0.25, 0.3) is 11.5 Å². The lowest BCUT2D eigenvalue weighted by molar-refractivity contribution is -0.113. The summed E-state index contributed by atoms with van der Waals surface area (Å²) < 4.78 is 11.5. The van der Waals surface area contributed by atoms with E-state index in [1.165, 1.54) is 11.8 Å². The van der Waals surface area contributed by atoms with Crippen molar-refractivity contribution in [2.75, 3.05) is 37.3 Å². The van der Waals surface area contributed by atoms with Crippen LogP contribution in [0.5, 0.6) is 5.75 Å². The second kappa shape index (κ2) is 11.7. The van der Waals surface area contributed by atoms with Crippen LogP contribution in [-0.2, 0) is 4.79 Å². The molecule has 0 spiro atoms. The Kier molecular flexibility index (Phi) is 8.75. The minimum atomic E-state index is -0.184. The topological polar surface area (TPSA) is 80.5 Å². The maximum Gasteiger partial charge on any atom is 0.277 e. The monoisotopic (exact) mass is 460 g/mol. The van der Waals surface area contributed by atoms with Gasteiger partial charge in [0.1, 0.15) is 12.4 Å². The Morgan fingerprint density at radius 2 is 1.87 bits per heavy atom. The number of hydrogen-bond donors (Lipinski definition) is 1. The molecule has 0 fully saturated rings. The summed E-state index contributed by atoms with van der Waals surface area (Å²) in [5, 5.41) is 11.8. The van der Waals surface area contributed by atoms with Crippen molar-refractivity contribution in [3.63, 3.8) is 0 Å². The lowest BCUT2D eigenvalue weighted by Crippen LogP contribution is -2.28. The van der Waals surface area contributed by atoms with E-state index in [0.717, 1.165) is 25.2 Å². The van der Waals surface area contributed by atoms with Gasteiger partial charge in [0.2, 0.25) is 11.8 Å². The summed E-state index contributed by atoms with van der Waals surface area (Å²) in [6.45, 7) is 7.58. The maximum absolute atomic E-state index is 12.4. The maximum atomic E-state index is 12.4. The van der Waals surface area contributed by atoms with Crippen molar-refractivity contribution in [3.05, 3.63) is 53.6 Å². The van der Waals surface area contributed by atoms with Crippen LogP contribution in [-0.4, -0.2) is 53.0 Å². The van der Waals surface area contributed by atoms with Gasteiger partial charge in [-0.15, -0.1) is 10.2 Å². The number of ether oxygens (including phenoxy) is 1. The van der Waals surface area contributed by atoms with E-state index in [4.69, 9.17) is 20.8 Å². The Morgan fingerprint density at radius 3 is 2.61 bits per heavy atom. The van der Waals surface area contributed by atoms with Gasteiger partial charge in [-0.05, 0) is 49.5 Å². The van der Waals surface area contributed by atoms with Crippen LogP contribution >= 0.6 is 23.4 Å². The lowest BCUT2D eigenvalue weighted by atomic mass is 10.2. The third-order valence-corrected chi connectivity index (χ3v) is 5.62. The highest BCUT2D eigenvalue weighted by Gasteiger charge is 2.13. The zero-order chi connectivity index (χ0) is 22.1. The third kappa shape index (κ3) is 6.99. The van der Waals surface area contributed by atoms with Gasteiger partial charge in [-0.1, -0.05) is 49.3 Å². The van der Waals surface area contributed by atoms with E-state index >= 15 is 0 Å². The summed E-state index contributed by atoms with van der Waals surface area (Å²) in [6.07, 6.45) is 0. The molecule has 3 rings (SSSR count). The minimum absolute atomic E-state index is 0.135. The smallest absolute Gasteiger partial charge is 0.277 e. The molecule has 0 saturated carbocycles. The second-order valence-electron chi connectivity index (χ2n) is 6.59. The standard InChI is InChI=1S/C22H25ClN4O3S/c1-3-27(4-2)13-14-29-19-8-6-5-7-18(19)24-20(28)15-31-22-26-25-21(30-22)16-9-11-17(23)12-10-16/h5-12H,3-4,13-15H2,1-2H3,(H,24,28). The van der Waals surface area contributed by atoms with E-state index in [2.05, 4.69) is 34.3 Å². The molecule has 7 nitrogen and oxygen atoms in total. The first-order chi connectivity index (χ1) is 15.1. The van der Waals surface area contributed by atoms with Crippen LogP contribution in [0.3, 0.4) is 0 Å². The van der Waals surface area contributed by atoms with Crippen molar-refractivity contribution in [2.24, 2.45) is 0 Å². The molecule has 164 valence electrons. The Hall–Kier alpha value is -2.55. The van der Waals surface area contributed by atoms with Crippen molar-refractivity contribution in [1.82, 2.24) is 15.1 Å². The molecule has 0 atom stereocenters. The summed E-state index contributed by atoms with van der Waals surface area (Å²) in [5.74, 6) is 0.981. The van der Waals surface area contributed by atoms with Crippen LogP contribution < -0.4 is 10.1 Å². The highest BCUT2D eigenvalue weighted by atomic mass is 35.5. The number of rotatable bonds is 11. The first-order valence-electron chi connectivity index (χ1n) is 10.0. The first-order valence-corrected chi connectivity index (χ1v) is 11.4. The number of halogens is 1. The number of thioether (sulfide) groups is 1. The zero-order valence-corrected chi connectivity index (χ0v) is 19.1. The molecular weight excluding hydrogens is 436 g/mol. The third-order valence-electron chi connectivity index (χ3n) is 4.55. The summed E-state index contributed by atoms with van der Waals surface area (Å²) in [6, 6.07) is 14.5. The molecule has 1 amide bonds. The normalized spacial score (nSPS) is 11.0. The van der Waals surface area contributed by atoms with Crippen molar-refractivity contribution in [1.29, 1.82) is 0 Å². The van der Waals surface area contributed by atoms with Crippen LogP contribution in [0.15, 0.2) is 58.2 Å². The molecule has 1 aromatic heterocycles. The Balaban J connectivity index is 1.51. The molecule has 3 aromatic rings. The molecule has 1 heterocycles. The molecule has 0 aliphatic rings. The summed E-state index contributed by atoms with van der Waals surface area (Å²) >= 11 is 7.07. The summed E-state index contributed by atoms with van der Waals surface area (Å²) in [7, 11) is 0. The molecule has 9 heteroatoms. The van der Waals surface area contributed by atoms with E-state index < -0.39 is 0 Å². The molecule has 0 saturated heterocycles. The number of carbonyl (C=O) groups excluding carboxylic acids is 1. The van der Waals surface area contributed by atoms with Gasteiger partial charge in [-0.25, -0.2) is 0 Å². The molecule has 0 aliphatic carbocycles. The number of nitrogens with zero attached hydrogens (tertiary/aromatic N) is 3.